The number of guanidine groups is 1. The van der Waals surface area contributed by atoms with E-state index in [-0.39, 0.29) is 35.7 Å². The fraction of sp³-hybridized carbons (Fsp3) is 0.417. The molecule has 1 heterocycles. The third-order valence-corrected chi connectivity index (χ3v) is 5.24. The van der Waals surface area contributed by atoms with Gasteiger partial charge >= 0.3 is 0 Å². The van der Waals surface area contributed by atoms with Crippen molar-refractivity contribution in [2.75, 3.05) is 26.2 Å². The summed E-state index contributed by atoms with van der Waals surface area (Å²) in [6, 6.07) is 15.0. The number of rotatable bonds is 8. The van der Waals surface area contributed by atoms with E-state index in [1.807, 2.05) is 24.0 Å². The zero-order chi connectivity index (χ0) is 21.2. The molecule has 31 heavy (non-hydrogen) atoms. The smallest absolute Gasteiger partial charge is 0.222 e. The van der Waals surface area contributed by atoms with E-state index in [1.165, 1.54) is 17.2 Å². The highest BCUT2D eigenvalue weighted by atomic mass is 127. The van der Waals surface area contributed by atoms with Gasteiger partial charge in [-0.3, -0.25) is 9.79 Å². The van der Waals surface area contributed by atoms with Gasteiger partial charge in [0.25, 0.3) is 0 Å². The first-order valence-electron chi connectivity index (χ1n) is 10.8. The predicted octanol–water partition coefficient (Wildman–Crippen LogP) is 3.91. The summed E-state index contributed by atoms with van der Waals surface area (Å²) in [6.45, 7) is 5.54. The second-order valence-corrected chi connectivity index (χ2v) is 7.50. The van der Waals surface area contributed by atoms with Crippen molar-refractivity contribution < 1.29 is 9.18 Å². The average Bonchev–Trinajstić information content (AvgIpc) is 2.76. The minimum absolute atomic E-state index is 0. The minimum atomic E-state index is -0.213. The molecular formula is C24H32FIN4O. The minimum Gasteiger partial charge on any atom is -0.357 e. The molecule has 0 aromatic heterocycles. The Morgan fingerprint density at radius 2 is 1.94 bits per heavy atom. The van der Waals surface area contributed by atoms with E-state index >= 15 is 0 Å². The van der Waals surface area contributed by atoms with Gasteiger partial charge in [0.1, 0.15) is 5.82 Å². The van der Waals surface area contributed by atoms with Gasteiger partial charge in [0.15, 0.2) is 5.96 Å². The molecule has 0 fully saturated rings. The van der Waals surface area contributed by atoms with Crippen LogP contribution in [0.1, 0.15) is 36.5 Å². The maximum Gasteiger partial charge on any atom is 0.222 e. The summed E-state index contributed by atoms with van der Waals surface area (Å²) in [5, 5.41) is 6.48. The highest BCUT2D eigenvalue weighted by Crippen LogP contribution is 2.19. The molecule has 168 valence electrons. The maximum absolute atomic E-state index is 13.3. The molecule has 2 aromatic carbocycles. The number of nitrogens with zero attached hydrogens (tertiary/aromatic N) is 2. The fourth-order valence-corrected chi connectivity index (χ4v) is 3.65. The van der Waals surface area contributed by atoms with Gasteiger partial charge in [-0.25, -0.2) is 4.39 Å². The van der Waals surface area contributed by atoms with Crippen LogP contribution in [0.25, 0.3) is 0 Å². The summed E-state index contributed by atoms with van der Waals surface area (Å²) in [5.74, 6) is 0.715. The van der Waals surface area contributed by atoms with Crippen LogP contribution in [0.2, 0.25) is 0 Å². The first-order chi connectivity index (χ1) is 14.7. The van der Waals surface area contributed by atoms with Crippen LogP contribution in [0, 0.1) is 5.82 Å². The van der Waals surface area contributed by atoms with Gasteiger partial charge in [-0.2, -0.15) is 0 Å². The Labute approximate surface area is 201 Å². The molecule has 3 rings (SSSR count). The first kappa shape index (κ1) is 25.1. The molecule has 0 bridgehead atoms. The molecule has 0 unspecified atom stereocenters. The molecule has 0 saturated heterocycles. The molecule has 0 saturated carbocycles. The number of hydrogen-bond acceptors (Lipinski definition) is 2. The number of halogens is 2. The number of carbonyl (C=O) groups is 1. The van der Waals surface area contributed by atoms with Crippen LogP contribution in [0.4, 0.5) is 4.39 Å². The topological polar surface area (TPSA) is 56.7 Å². The van der Waals surface area contributed by atoms with E-state index < -0.39 is 0 Å². The lowest BCUT2D eigenvalue weighted by atomic mass is 9.99. The zero-order valence-corrected chi connectivity index (χ0v) is 20.4. The number of carbonyl (C=O) groups excluding carboxylic acids is 1. The lowest BCUT2D eigenvalue weighted by molar-refractivity contribution is -0.132. The van der Waals surface area contributed by atoms with Gasteiger partial charge in [0.05, 0.1) is 0 Å². The highest BCUT2D eigenvalue weighted by Gasteiger charge is 2.19. The van der Waals surface area contributed by atoms with Crippen LogP contribution in [0.5, 0.6) is 0 Å². The summed E-state index contributed by atoms with van der Waals surface area (Å²) in [4.78, 5) is 19.1. The molecule has 0 aliphatic carbocycles. The average molecular weight is 538 g/mol. The standard InChI is InChI=1S/C24H31FN4O.HI/c1-2-26-24(28-15-12-19-7-5-10-22(25)17-19)27-14-6-11-23(30)29-16-13-20-8-3-4-9-21(20)18-29;/h3-5,7-10,17H,2,6,11-16,18H2,1H3,(H2,26,27,28);1H. The number of benzene rings is 2. The quantitative estimate of drug-likeness (QED) is 0.232. The Kier molecular flexibility index (Phi) is 10.8. The van der Waals surface area contributed by atoms with E-state index in [0.29, 0.717) is 26.1 Å². The van der Waals surface area contributed by atoms with Crippen LogP contribution in [-0.4, -0.2) is 42.9 Å². The molecule has 5 nitrogen and oxygen atoms in total. The Bertz CT molecular complexity index is 874. The van der Waals surface area contributed by atoms with E-state index in [4.69, 9.17) is 0 Å². The third kappa shape index (κ3) is 8.12. The molecular weight excluding hydrogens is 506 g/mol. The van der Waals surface area contributed by atoms with Crippen LogP contribution in [-0.2, 0) is 24.2 Å². The van der Waals surface area contributed by atoms with E-state index in [2.05, 4.69) is 33.8 Å². The Balaban J connectivity index is 0.00000341. The first-order valence-corrected chi connectivity index (χ1v) is 10.8. The van der Waals surface area contributed by atoms with Crippen molar-refractivity contribution in [1.82, 2.24) is 15.5 Å². The van der Waals surface area contributed by atoms with Crippen molar-refractivity contribution in [3.8, 4) is 0 Å². The summed E-state index contributed by atoms with van der Waals surface area (Å²) in [5.41, 5.74) is 3.56. The molecule has 1 aliphatic rings. The Morgan fingerprint density at radius 1 is 1.13 bits per heavy atom. The summed E-state index contributed by atoms with van der Waals surface area (Å²) in [6.07, 6.45) is 2.88. The van der Waals surface area contributed by atoms with Crippen LogP contribution in [0.15, 0.2) is 53.5 Å². The largest absolute Gasteiger partial charge is 0.357 e. The zero-order valence-electron chi connectivity index (χ0n) is 18.1. The van der Waals surface area contributed by atoms with Gasteiger partial charge in [-0.15, -0.1) is 24.0 Å². The van der Waals surface area contributed by atoms with Gasteiger partial charge < -0.3 is 15.5 Å². The van der Waals surface area contributed by atoms with Gasteiger partial charge in [0, 0.05) is 39.1 Å². The molecule has 0 atom stereocenters. The normalized spacial score (nSPS) is 13.2. The SMILES string of the molecule is CCNC(=NCCCC(=O)N1CCc2ccccc2C1)NCCc1cccc(F)c1.I. The van der Waals surface area contributed by atoms with Crippen molar-refractivity contribution in [2.45, 2.75) is 39.2 Å². The molecule has 0 spiro atoms. The van der Waals surface area contributed by atoms with Gasteiger partial charge in [0.2, 0.25) is 5.91 Å². The number of nitrogens with one attached hydrogen (secondary N) is 2. The molecule has 7 heteroatoms. The second-order valence-electron chi connectivity index (χ2n) is 7.50. The highest BCUT2D eigenvalue weighted by molar-refractivity contribution is 14.0. The summed E-state index contributed by atoms with van der Waals surface area (Å²) < 4.78 is 13.3. The lowest BCUT2D eigenvalue weighted by Gasteiger charge is -2.28. The van der Waals surface area contributed by atoms with Gasteiger partial charge in [-0.1, -0.05) is 36.4 Å². The summed E-state index contributed by atoms with van der Waals surface area (Å²) >= 11 is 0. The number of aliphatic imine (C=N–C) groups is 1. The Hall–Kier alpha value is -2.16. The second kappa shape index (κ2) is 13.3. The van der Waals surface area contributed by atoms with Crippen LogP contribution < -0.4 is 10.6 Å². The summed E-state index contributed by atoms with van der Waals surface area (Å²) in [7, 11) is 0. The number of fused-ring (bicyclic) bond motifs is 1. The molecule has 1 amide bonds. The third-order valence-electron chi connectivity index (χ3n) is 5.24. The van der Waals surface area contributed by atoms with Crippen molar-refractivity contribution in [1.29, 1.82) is 0 Å². The van der Waals surface area contributed by atoms with E-state index in [0.717, 1.165) is 43.9 Å². The van der Waals surface area contributed by atoms with Crippen LogP contribution >= 0.6 is 24.0 Å². The Morgan fingerprint density at radius 3 is 2.71 bits per heavy atom. The molecule has 2 N–H and O–H groups in total. The van der Waals surface area contributed by atoms with Crippen molar-refractivity contribution in [3.63, 3.8) is 0 Å². The molecule has 0 radical (unpaired) electrons. The monoisotopic (exact) mass is 538 g/mol. The van der Waals surface area contributed by atoms with E-state index in [1.54, 1.807) is 12.1 Å². The molecule has 1 aliphatic heterocycles. The number of amides is 1. The van der Waals surface area contributed by atoms with Crippen LogP contribution in [0.3, 0.4) is 0 Å². The van der Waals surface area contributed by atoms with Crippen molar-refractivity contribution in [3.05, 3.63) is 71.0 Å². The lowest BCUT2D eigenvalue weighted by Crippen LogP contribution is -2.38. The van der Waals surface area contributed by atoms with Crippen molar-refractivity contribution >= 4 is 35.8 Å². The van der Waals surface area contributed by atoms with Gasteiger partial charge in [-0.05, 0) is 55.0 Å². The van der Waals surface area contributed by atoms with Crippen molar-refractivity contribution in [2.24, 2.45) is 4.99 Å². The van der Waals surface area contributed by atoms with E-state index in [9.17, 15) is 9.18 Å². The fourth-order valence-electron chi connectivity index (χ4n) is 3.65. The number of hydrogen-bond donors (Lipinski definition) is 2. The molecule has 2 aromatic rings. The predicted molar refractivity (Wildman–Crippen MR) is 134 cm³/mol. The maximum atomic E-state index is 13.3.